The molecule has 0 saturated carbocycles. The number of carbonyl (C=O) groups is 2. The predicted octanol–water partition coefficient (Wildman–Crippen LogP) is 5.11. The Kier molecular flexibility index (Phi) is 6.61. The van der Waals surface area contributed by atoms with E-state index in [-0.39, 0.29) is 12.8 Å². The van der Waals surface area contributed by atoms with Crippen LogP contribution in [0.3, 0.4) is 0 Å². The van der Waals surface area contributed by atoms with Crippen molar-refractivity contribution >= 4 is 56.4 Å². The summed E-state index contributed by atoms with van der Waals surface area (Å²) in [7, 11) is 0. The average molecular weight is 483 g/mol. The minimum Gasteiger partial charge on any atom is -0.398 e. The first-order valence-electron chi connectivity index (χ1n) is 11.7. The van der Waals surface area contributed by atoms with Gasteiger partial charge in [0.05, 0.1) is 11.0 Å². The van der Waals surface area contributed by atoms with Crippen LogP contribution in [-0.2, 0) is 9.59 Å². The van der Waals surface area contributed by atoms with Gasteiger partial charge in [0.2, 0.25) is 11.8 Å². The number of nitrogens with two attached hydrogens (primary N) is 2. The monoisotopic (exact) mass is 482 g/mol. The maximum Gasteiger partial charge on any atom is 0.240 e. The maximum absolute atomic E-state index is 13.6. The van der Waals surface area contributed by atoms with Crippen molar-refractivity contribution in [1.82, 2.24) is 9.97 Å². The molecule has 4 rings (SSSR count). The molecule has 0 atom stereocenters. The fourth-order valence-electron chi connectivity index (χ4n) is 4.44. The summed E-state index contributed by atoms with van der Waals surface area (Å²) >= 11 is 0. The molecule has 0 spiro atoms. The molecule has 2 heterocycles. The second-order valence-electron chi connectivity index (χ2n) is 9.01. The summed E-state index contributed by atoms with van der Waals surface area (Å²) in [4.78, 5) is 36.1. The van der Waals surface area contributed by atoms with E-state index in [2.05, 4.69) is 27.2 Å². The number of rotatable bonds is 7. The highest BCUT2D eigenvalue weighted by molar-refractivity contribution is 6.15. The Labute approximate surface area is 209 Å². The van der Waals surface area contributed by atoms with E-state index in [0.29, 0.717) is 22.7 Å². The summed E-state index contributed by atoms with van der Waals surface area (Å²) in [5.41, 5.74) is 16.2. The van der Waals surface area contributed by atoms with E-state index in [1.165, 1.54) is 0 Å². The number of hydrogen-bond donors (Lipinski definition) is 4. The van der Waals surface area contributed by atoms with E-state index in [1.807, 2.05) is 13.8 Å². The van der Waals surface area contributed by atoms with Crippen molar-refractivity contribution in [2.24, 2.45) is 5.41 Å². The molecule has 0 unspecified atom stereocenters. The molecule has 0 fully saturated rings. The lowest BCUT2D eigenvalue weighted by Gasteiger charge is -2.29. The van der Waals surface area contributed by atoms with Crippen LogP contribution in [0.4, 0.5) is 22.7 Å². The molecule has 184 valence electrons. The van der Waals surface area contributed by atoms with Crippen molar-refractivity contribution in [2.45, 2.75) is 33.6 Å². The normalized spacial score (nSPS) is 11.4. The summed E-state index contributed by atoms with van der Waals surface area (Å²) in [5.74, 6) is -0.865. The second kappa shape index (κ2) is 9.65. The second-order valence-corrected chi connectivity index (χ2v) is 9.01. The molecule has 36 heavy (non-hydrogen) atoms. The van der Waals surface area contributed by atoms with Crippen molar-refractivity contribution < 1.29 is 9.59 Å². The predicted molar refractivity (Wildman–Crippen MR) is 147 cm³/mol. The van der Waals surface area contributed by atoms with Crippen LogP contribution in [-0.4, -0.2) is 21.8 Å². The molecular weight excluding hydrogens is 452 g/mol. The molecule has 2 aromatic heterocycles. The first kappa shape index (κ1) is 24.7. The van der Waals surface area contributed by atoms with Crippen LogP contribution in [0.5, 0.6) is 0 Å². The molecule has 0 aliphatic rings. The Hall–Kier alpha value is -4.46. The molecule has 6 N–H and O–H groups in total. The van der Waals surface area contributed by atoms with E-state index in [9.17, 15) is 9.59 Å². The van der Waals surface area contributed by atoms with Crippen LogP contribution in [0.25, 0.3) is 21.8 Å². The van der Waals surface area contributed by atoms with E-state index < -0.39 is 17.2 Å². The average Bonchev–Trinajstić information content (AvgIpc) is 2.83. The van der Waals surface area contributed by atoms with E-state index >= 15 is 0 Å². The van der Waals surface area contributed by atoms with Crippen LogP contribution >= 0.6 is 0 Å². The number of allylic oxidation sites excluding steroid dienone is 1. The van der Waals surface area contributed by atoms with Gasteiger partial charge in [-0.2, -0.15) is 0 Å². The van der Waals surface area contributed by atoms with Crippen LogP contribution in [0.2, 0.25) is 0 Å². The van der Waals surface area contributed by atoms with Crippen LogP contribution in [0, 0.1) is 19.3 Å². The van der Waals surface area contributed by atoms with Crippen molar-refractivity contribution in [3.8, 4) is 0 Å². The highest BCUT2D eigenvalue weighted by atomic mass is 16.2. The lowest BCUT2D eigenvalue weighted by Crippen LogP contribution is -2.45. The van der Waals surface area contributed by atoms with Gasteiger partial charge in [0.1, 0.15) is 5.41 Å². The highest BCUT2D eigenvalue weighted by Crippen LogP contribution is 2.33. The Bertz CT molecular complexity index is 1410. The molecule has 2 amide bonds. The molecule has 8 heteroatoms. The molecule has 4 aromatic rings. The summed E-state index contributed by atoms with van der Waals surface area (Å²) in [6, 6.07) is 14.2. The fraction of sp³-hybridized carbons (Fsp3) is 0.214. The molecule has 0 aliphatic heterocycles. The minimum absolute atomic E-state index is 0.161. The van der Waals surface area contributed by atoms with Gasteiger partial charge in [-0.05, 0) is 75.2 Å². The van der Waals surface area contributed by atoms with Gasteiger partial charge in [0.25, 0.3) is 0 Å². The van der Waals surface area contributed by atoms with Gasteiger partial charge in [0, 0.05) is 44.9 Å². The summed E-state index contributed by atoms with van der Waals surface area (Å²) in [5, 5.41) is 7.26. The zero-order valence-corrected chi connectivity index (χ0v) is 20.7. The van der Waals surface area contributed by atoms with Crippen molar-refractivity contribution in [3.05, 3.63) is 72.6 Å². The number of carbonyl (C=O) groups excluding carboxylic acids is 2. The number of nitrogen functional groups attached to an aromatic ring is 2. The van der Waals surface area contributed by atoms with Crippen molar-refractivity contribution in [2.75, 3.05) is 22.1 Å². The highest BCUT2D eigenvalue weighted by Gasteiger charge is 2.43. The zero-order valence-electron chi connectivity index (χ0n) is 20.7. The molecule has 0 aliphatic carbocycles. The summed E-state index contributed by atoms with van der Waals surface area (Å²) in [6.07, 6.45) is 2.01. The minimum atomic E-state index is -1.38. The summed E-state index contributed by atoms with van der Waals surface area (Å²) in [6.45, 7) is 9.33. The molecule has 2 aromatic carbocycles. The van der Waals surface area contributed by atoms with E-state index in [1.54, 1.807) is 61.5 Å². The molecule has 0 saturated heterocycles. The molecular formula is C28H30N6O2. The van der Waals surface area contributed by atoms with E-state index in [4.69, 9.17) is 11.5 Å². The zero-order chi connectivity index (χ0) is 26.0. The number of hydrogen-bond acceptors (Lipinski definition) is 6. The van der Waals surface area contributed by atoms with Crippen LogP contribution in [0.15, 0.2) is 61.2 Å². The first-order valence-corrected chi connectivity index (χ1v) is 11.7. The number of benzene rings is 2. The quantitative estimate of drug-likeness (QED) is 0.213. The lowest BCUT2D eigenvalue weighted by molar-refractivity contribution is -0.137. The number of aromatic nitrogens is 2. The van der Waals surface area contributed by atoms with Gasteiger partial charge in [-0.3, -0.25) is 19.6 Å². The van der Waals surface area contributed by atoms with E-state index in [0.717, 1.165) is 33.2 Å². The number of fused-ring (bicyclic) bond motifs is 2. The van der Waals surface area contributed by atoms with Gasteiger partial charge in [-0.15, -0.1) is 6.58 Å². The topological polar surface area (TPSA) is 136 Å². The summed E-state index contributed by atoms with van der Waals surface area (Å²) < 4.78 is 0. The van der Waals surface area contributed by atoms with Crippen LogP contribution < -0.4 is 22.1 Å². The third-order valence-corrected chi connectivity index (χ3v) is 6.42. The number of pyridine rings is 2. The number of nitrogens with zero attached hydrogens (tertiary/aromatic N) is 2. The van der Waals surface area contributed by atoms with Gasteiger partial charge in [-0.25, -0.2) is 0 Å². The fourth-order valence-corrected chi connectivity index (χ4v) is 4.44. The molecule has 8 nitrogen and oxygen atoms in total. The number of aryl methyl sites for hydroxylation is 2. The van der Waals surface area contributed by atoms with Gasteiger partial charge in [0.15, 0.2) is 0 Å². The first-order chi connectivity index (χ1) is 17.2. The standard InChI is InChI=1S/C28H30N6O2/c1-5-11-28(6-2,26(35)33-18-7-9-24-20(14-18)22(29)12-16(3)31-24)27(36)34-19-8-10-25-21(15-19)23(30)13-17(4)32-25/h5,7-10,12-15H,1,6,11H2,2-4H3,(H2,29,31)(H2,30,32)(H,33,35)(H,34,36). The SMILES string of the molecule is C=CCC(CC)(C(=O)Nc1ccc2nc(C)cc(N)c2c1)C(=O)Nc1ccc2nc(C)cc(N)c2c1. The van der Waals surface area contributed by atoms with Crippen LogP contribution in [0.1, 0.15) is 31.2 Å². The Balaban J connectivity index is 1.64. The Morgan fingerprint density at radius 2 is 1.31 bits per heavy atom. The van der Waals surface area contributed by atoms with Gasteiger partial charge >= 0.3 is 0 Å². The molecule has 0 bridgehead atoms. The number of amides is 2. The number of nitrogens with one attached hydrogen (secondary N) is 2. The largest absolute Gasteiger partial charge is 0.398 e. The smallest absolute Gasteiger partial charge is 0.240 e. The van der Waals surface area contributed by atoms with Gasteiger partial charge < -0.3 is 22.1 Å². The third kappa shape index (κ3) is 4.57. The van der Waals surface area contributed by atoms with Crippen molar-refractivity contribution in [1.29, 1.82) is 0 Å². The Morgan fingerprint density at radius 1 is 0.861 bits per heavy atom. The van der Waals surface area contributed by atoms with Gasteiger partial charge in [-0.1, -0.05) is 13.0 Å². The number of anilines is 4. The Morgan fingerprint density at radius 3 is 1.69 bits per heavy atom. The molecule has 0 radical (unpaired) electrons. The third-order valence-electron chi connectivity index (χ3n) is 6.42. The lowest BCUT2D eigenvalue weighted by atomic mass is 9.79. The maximum atomic E-state index is 13.6. The van der Waals surface area contributed by atoms with Crippen molar-refractivity contribution in [3.63, 3.8) is 0 Å².